The van der Waals surface area contributed by atoms with Crippen molar-refractivity contribution in [3.63, 3.8) is 0 Å². The van der Waals surface area contributed by atoms with Crippen LogP contribution in [0.3, 0.4) is 0 Å². The summed E-state index contributed by atoms with van der Waals surface area (Å²) in [6.07, 6.45) is -6.68. The fourth-order valence-corrected chi connectivity index (χ4v) is 6.04. The van der Waals surface area contributed by atoms with E-state index in [1.54, 1.807) is 0 Å². The number of aromatic nitrogens is 2. The molecule has 0 saturated carbocycles. The van der Waals surface area contributed by atoms with Crippen molar-refractivity contribution < 1.29 is 40.2 Å². The van der Waals surface area contributed by atoms with E-state index in [1.165, 1.54) is 6.07 Å². The number of alkyl halides is 4. The number of sulfonamides is 1. The predicted molar refractivity (Wildman–Crippen MR) is 111 cm³/mol. The largest absolute Gasteiger partial charge is 0.434 e. The van der Waals surface area contributed by atoms with Crippen LogP contribution in [-0.2, 0) is 26.5 Å². The van der Waals surface area contributed by atoms with Crippen LogP contribution in [0.2, 0.25) is 0 Å². The first-order valence-electron chi connectivity index (χ1n) is 9.97. The monoisotopic (exact) mass is 522 g/mol. The molecule has 2 aliphatic heterocycles. The van der Waals surface area contributed by atoms with Crippen molar-refractivity contribution in [1.82, 2.24) is 19.6 Å². The number of hydrogen-bond donors (Lipinski definition) is 4. The zero-order valence-corrected chi connectivity index (χ0v) is 18.7. The summed E-state index contributed by atoms with van der Waals surface area (Å²) in [6, 6.07) is 3.27. The van der Waals surface area contributed by atoms with Crippen LogP contribution in [0.4, 0.5) is 27.6 Å². The molecule has 4 atom stereocenters. The van der Waals surface area contributed by atoms with Crippen molar-refractivity contribution in [1.29, 1.82) is 5.41 Å². The number of nitrogens with one attached hydrogen (secondary N) is 3. The molecule has 2 fully saturated rings. The summed E-state index contributed by atoms with van der Waals surface area (Å²) in [5.74, 6) is -1.48. The van der Waals surface area contributed by atoms with E-state index in [1.807, 2.05) is 0 Å². The maximum Gasteiger partial charge on any atom is 0.434 e. The molecule has 1 aromatic carbocycles. The van der Waals surface area contributed by atoms with E-state index in [0.717, 1.165) is 19.2 Å². The van der Waals surface area contributed by atoms with E-state index in [4.69, 9.17) is 10.1 Å². The summed E-state index contributed by atoms with van der Waals surface area (Å²) in [6.45, 7) is -1.66. The Labute approximate surface area is 195 Å². The van der Waals surface area contributed by atoms with Gasteiger partial charge in [0.15, 0.2) is 11.9 Å². The van der Waals surface area contributed by atoms with Crippen LogP contribution >= 0.6 is 0 Å². The molecule has 3 heterocycles. The van der Waals surface area contributed by atoms with Crippen molar-refractivity contribution in [2.45, 2.75) is 29.3 Å². The maximum atomic E-state index is 15.0. The molecule has 2 aliphatic rings. The van der Waals surface area contributed by atoms with Gasteiger partial charge in [-0.3, -0.25) is 10.4 Å². The molecule has 1 unspecified atom stereocenters. The van der Waals surface area contributed by atoms with Crippen LogP contribution in [0.5, 0.6) is 0 Å². The van der Waals surface area contributed by atoms with Gasteiger partial charge in [0.05, 0.1) is 19.0 Å². The van der Waals surface area contributed by atoms with Crippen molar-refractivity contribution in [2.24, 2.45) is 0 Å². The number of rotatable bonds is 5. The lowest BCUT2D eigenvalue weighted by atomic mass is 9.86. The smallest absolute Gasteiger partial charge is 0.371 e. The van der Waals surface area contributed by atoms with E-state index in [9.17, 15) is 31.1 Å². The fraction of sp³-hybridized carbons (Fsp3) is 0.421. The topological polar surface area (TPSA) is 141 Å². The normalized spacial score (nSPS) is 26.7. The number of fused-ring (bicyclic) bond motifs is 1. The average Bonchev–Trinajstić information content (AvgIpc) is 3.19. The molecule has 4 rings (SSSR count). The van der Waals surface area contributed by atoms with E-state index in [2.05, 4.69) is 20.6 Å². The minimum absolute atomic E-state index is 0.0251. The Balaban J connectivity index is 1.69. The molecule has 0 radical (unpaired) electrons. The summed E-state index contributed by atoms with van der Waals surface area (Å²) in [5, 5.41) is 21.9. The molecule has 4 N–H and O–H groups in total. The highest BCUT2D eigenvalue weighted by Crippen LogP contribution is 2.44. The zero-order chi connectivity index (χ0) is 25.8. The number of hydrogen-bond acceptors (Lipinski definition) is 8. The van der Waals surface area contributed by atoms with Crippen molar-refractivity contribution in [3.8, 4) is 0 Å². The van der Waals surface area contributed by atoms with Crippen LogP contribution < -0.4 is 10.6 Å². The first-order chi connectivity index (χ1) is 16.3. The Kier molecular flexibility index (Phi) is 6.09. The lowest BCUT2D eigenvalue weighted by molar-refractivity contribution is -0.141. The van der Waals surface area contributed by atoms with Crippen LogP contribution in [0, 0.1) is 11.2 Å². The third-order valence-corrected chi connectivity index (χ3v) is 8.15. The molecule has 10 nitrogen and oxygen atoms in total. The minimum Gasteiger partial charge on any atom is -0.371 e. The SMILES string of the molecule is CN1C(=N)N[C@@]2(c3cc(NC(O)c4cnc(C(F)(F)F)cn4)ccc3F)CO[C@@H](CF)[C@H]2S1(=O)=O. The van der Waals surface area contributed by atoms with Gasteiger partial charge in [-0.25, -0.2) is 26.5 Å². The van der Waals surface area contributed by atoms with Crippen molar-refractivity contribution >= 4 is 21.7 Å². The highest BCUT2D eigenvalue weighted by molar-refractivity contribution is 7.90. The van der Waals surface area contributed by atoms with Gasteiger partial charge in [-0.15, -0.1) is 0 Å². The second-order valence-corrected chi connectivity index (χ2v) is 10.0. The first-order valence-corrected chi connectivity index (χ1v) is 11.5. The molecule has 190 valence electrons. The maximum absolute atomic E-state index is 15.0. The number of aliphatic hydroxyl groups is 1. The summed E-state index contributed by atoms with van der Waals surface area (Å²) in [7, 11) is -3.24. The number of benzene rings is 1. The molecule has 1 aromatic heterocycles. The van der Waals surface area contributed by atoms with Crippen LogP contribution in [-0.4, -0.2) is 65.4 Å². The molecule has 0 aliphatic carbocycles. The first kappa shape index (κ1) is 25.0. The standard InChI is InChI=1S/C19H19F5N6O4S/c1-30-17(25)29-18(8-34-13(5-20)15(18)35(30,32)33)10-4-9(2-3-11(10)21)28-16(31)12-6-27-14(7-26-12)19(22,23)24/h2-4,6-7,13,15-16,28,31H,5,8H2,1H3,(H2,25,29)/t13-,15+,16?,18+/m0/s1. The van der Waals surface area contributed by atoms with Crippen molar-refractivity contribution in [2.75, 3.05) is 25.6 Å². The second-order valence-electron chi connectivity index (χ2n) is 7.95. The van der Waals surface area contributed by atoms with Gasteiger partial charge in [-0.1, -0.05) is 0 Å². The highest BCUT2D eigenvalue weighted by Gasteiger charge is 2.63. The third kappa shape index (κ3) is 4.14. The molecule has 0 bridgehead atoms. The van der Waals surface area contributed by atoms with Gasteiger partial charge in [-0.05, 0) is 18.2 Å². The lowest BCUT2D eigenvalue weighted by Gasteiger charge is -2.44. The summed E-state index contributed by atoms with van der Waals surface area (Å²) >= 11 is 0. The van der Waals surface area contributed by atoms with Gasteiger partial charge in [0.1, 0.15) is 35.1 Å². The molecular weight excluding hydrogens is 503 g/mol. The van der Waals surface area contributed by atoms with Crippen LogP contribution in [0.15, 0.2) is 30.6 Å². The molecule has 2 aromatic rings. The molecule has 0 spiro atoms. The van der Waals surface area contributed by atoms with Crippen molar-refractivity contribution in [3.05, 3.63) is 53.4 Å². The summed E-state index contributed by atoms with van der Waals surface area (Å²) < 4.78 is 98.7. The van der Waals surface area contributed by atoms with Gasteiger partial charge in [0.25, 0.3) is 0 Å². The number of aliphatic hydroxyl groups excluding tert-OH is 1. The van der Waals surface area contributed by atoms with Crippen LogP contribution in [0.25, 0.3) is 0 Å². The van der Waals surface area contributed by atoms with E-state index >= 15 is 4.39 Å². The Morgan fingerprint density at radius 3 is 2.69 bits per heavy atom. The second kappa shape index (κ2) is 8.53. The minimum atomic E-state index is -4.72. The lowest BCUT2D eigenvalue weighted by Crippen LogP contribution is -2.68. The van der Waals surface area contributed by atoms with Crippen LogP contribution in [0.1, 0.15) is 23.2 Å². The number of nitrogens with zero attached hydrogens (tertiary/aromatic N) is 3. The molecule has 35 heavy (non-hydrogen) atoms. The summed E-state index contributed by atoms with van der Waals surface area (Å²) in [5.41, 5.74) is -3.65. The molecule has 2 saturated heterocycles. The number of ether oxygens (including phenoxy) is 1. The Morgan fingerprint density at radius 1 is 1.37 bits per heavy atom. The average molecular weight is 522 g/mol. The van der Waals surface area contributed by atoms with Gasteiger partial charge in [0, 0.05) is 18.3 Å². The van der Waals surface area contributed by atoms with E-state index in [-0.39, 0.29) is 16.9 Å². The fourth-order valence-electron chi connectivity index (χ4n) is 4.10. The predicted octanol–water partition coefficient (Wildman–Crippen LogP) is 1.47. The number of halogens is 5. The molecule has 0 amide bonds. The number of guanidine groups is 1. The van der Waals surface area contributed by atoms with Gasteiger partial charge in [0.2, 0.25) is 16.0 Å². The zero-order valence-electron chi connectivity index (χ0n) is 17.8. The molecular formula is C19H19F5N6O4S. The third-order valence-electron chi connectivity index (χ3n) is 5.85. The number of anilines is 1. The molecule has 16 heteroatoms. The highest BCUT2D eigenvalue weighted by atomic mass is 32.2. The van der Waals surface area contributed by atoms with Gasteiger partial charge < -0.3 is 20.5 Å². The van der Waals surface area contributed by atoms with E-state index in [0.29, 0.717) is 16.7 Å². The Bertz CT molecular complexity index is 1250. The Morgan fingerprint density at radius 2 is 2.09 bits per heavy atom. The van der Waals surface area contributed by atoms with E-state index < -0.39 is 70.1 Å². The summed E-state index contributed by atoms with van der Waals surface area (Å²) in [4.78, 5) is 6.73. The Hall–Kier alpha value is -3.11. The quantitative estimate of drug-likeness (QED) is 0.342. The van der Waals surface area contributed by atoms with Gasteiger partial charge in [-0.2, -0.15) is 13.2 Å². The van der Waals surface area contributed by atoms with Gasteiger partial charge >= 0.3 is 6.18 Å².